The Labute approximate surface area is 385 Å². The van der Waals surface area contributed by atoms with Gasteiger partial charge in [-0.1, -0.05) is 183 Å². The van der Waals surface area contributed by atoms with Crippen LogP contribution in [0.15, 0.2) is 180 Å². The van der Waals surface area contributed by atoms with Gasteiger partial charge in [-0.3, -0.25) is 9.12 Å². The summed E-state index contributed by atoms with van der Waals surface area (Å²) in [5, 5.41) is 0. The second kappa shape index (κ2) is 19.0. The fourth-order valence-corrected chi connectivity index (χ4v) is 9.64. The number of rotatable bonds is 18. The van der Waals surface area contributed by atoms with Crippen molar-refractivity contribution in [3.05, 3.63) is 198 Å². The van der Waals surface area contributed by atoms with E-state index in [-0.39, 0.29) is 5.75 Å². The second-order valence-electron chi connectivity index (χ2n) is 18.4. The summed E-state index contributed by atoms with van der Waals surface area (Å²) in [6, 6.07) is 58.6. The van der Waals surface area contributed by atoms with E-state index in [2.05, 4.69) is 161 Å². The summed E-state index contributed by atoms with van der Waals surface area (Å²) in [7, 11) is 4.70. The first-order valence-corrected chi connectivity index (χ1v) is 24.2. The van der Waals surface area contributed by atoms with Crippen LogP contribution in [0.3, 0.4) is 0 Å². The molecule has 10 heteroatoms. The second-order valence-corrected chi connectivity index (χ2v) is 20.0. The first kappa shape index (κ1) is 45.3. The van der Waals surface area contributed by atoms with Crippen molar-refractivity contribution in [3.8, 4) is 33.9 Å². The van der Waals surface area contributed by atoms with Gasteiger partial charge in [0.1, 0.15) is 18.9 Å². The van der Waals surface area contributed by atoms with E-state index < -0.39 is 15.9 Å². The Morgan fingerprint density at radius 1 is 0.554 bits per heavy atom. The molecule has 0 atom stereocenters. The van der Waals surface area contributed by atoms with Crippen LogP contribution in [0.25, 0.3) is 33.9 Å². The molecule has 0 unspecified atom stereocenters. The molecule has 0 radical (unpaired) electrons. The van der Waals surface area contributed by atoms with Gasteiger partial charge in [-0.15, -0.1) is 0 Å². The molecule has 8 rings (SSSR count). The van der Waals surface area contributed by atoms with E-state index in [1.807, 2.05) is 48.5 Å². The molecule has 0 spiro atoms. The predicted molar refractivity (Wildman–Crippen MR) is 265 cm³/mol. The van der Waals surface area contributed by atoms with Crippen LogP contribution >= 0.6 is 0 Å². The van der Waals surface area contributed by atoms with Crippen molar-refractivity contribution in [1.29, 1.82) is 0 Å². The van der Waals surface area contributed by atoms with Gasteiger partial charge in [0.05, 0.1) is 69.8 Å². The van der Waals surface area contributed by atoms with Gasteiger partial charge >= 0.3 is 0 Å². The smallest absolute Gasteiger partial charge is 0.265 e. The minimum Gasteiger partial charge on any atom is -0.325 e. The van der Waals surface area contributed by atoms with E-state index in [0.717, 1.165) is 98.0 Å². The SMILES string of the molecule is CCCC[N+](C)(C)Cc1ccccc1-c1nc(-c2ccccc2)c(-c2ccccc2)n1C1(c2ccccc2C[N+](C)(C)CCCS(=O)(=O)O)N=C(c2ccccc2)C(c2ccccc2)=N1. The summed E-state index contributed by atoms with van der Waals surface area (Å²) in [5.41, 5.74) is 11.1. The first-order chi connectivity index (χ1) is 31.3. The van der Waals surface area contributed by atoms with E-state index in [0.29, 0.717) is 24.0 Å². The molecule has 0 saturated heterocycles. The summed E-state index contributed by atoms with van der Waals surface area (Å²) in [5.74, 6) is -0.994. The minimum atomic E-state index is -4.11. The van der Waals surface area contributed by atoms with Crippen molar-refractivity contribution < 1.29 is 21.9 Å². The van der Waals surface area contributed by atoms with Crippen LogP contribution in [0.1, 0.15) is 54.0 Å². The van der Waals surface area contributed by atoms with Crippen LogP contribution in [0.4, 0.5) is 0 Å². The molecule has 0 fully saturated rings. The van der Waals surface area contributed by atoms with Crippen molar-refractivity contribution >= 4 is 21.5 Å². The predicted octanol–water partition coefficient (Wildman–Crippen LogP) is 10.8. The highest BCUT2D eigenvalue weighted by atomic mass is 32.2. The number of nitrogens with zero attached hydrogens (tertiary/aromatic N) is 6. The highest BCUT2D eigenvalue weighted by Gasteiger charge is 2.47. The molecule has 65 heavy (non-hydrogen) atoms. The standard InChI is InChI=1S/C55H59N6O3S/c1-6-7-37-60(2,3)40-46-33-20-22-35-48(46)54-56-52(44-29-16-10-17-30-44)53(45-31-18-11-19-32-45)59(54)55(49-36-23-21-34-47(49)41-61(4,5)38-24-39-65(62,63)64)57-50(42-25-12-8-13-26-42)51(58-55)43-27-14-9-15-28-43/h8-23,25-36H,6-7,24,37-41H2,1-5H3/q+1/p+1. The third-order valence-corrected chi connectivity index (χ3v) is 13.1. The number of unbranched alkanes of at least 4 members (excludes halogenated alkanes) is 1. The van der Waals surface area contributed by atoms with E-state index in [1.54, 1.807) is 0 Å². The number of aromatic nitrogens is 2. The number of quaternary nitrogens is 2. The highest BCUT2D eigenvalue weighted by Crippen LogP contribution is 2.48. The van der Waals surface area contributed by atoms with Crippen molar-refractivity contribution in [3.63, 3.8) is 0 Å². The molecule has 9 nitrogen and oxygen atoms in total. The Morgan fingerprint density at radius 3 is 1.54 bits per heavy atom. The zero-order valence-corrected chi connectivity index (χ0v) is 39.0. The topological polar surface area (TPSA) is 96.9 Å². The van der Waals surface area contributed by atoms with Crippen molar-refractivity contribution in [2.45, 2.75) is 45.1 Å². The van der Waals surface area contributed by atoms with Gasteiger partial charge < -0.3 is 8.97 Å². The lowest BCUT2D eigenvalue weighted by Gasteiger charge is -2.35. The van der Waals surface area contributed by atoms with E-state index in [1.165, 1.54) is 5.56 Å². The fourth-order valence-electron chi connectivity index (χ4n) is 9.15. The van der Waals surface area contributed by atoms with Crippen LogP contribution in [0.5, 0.6) is 0 Å². The van der Waals surface area contributed by atoms with Crippen LogP contribution < -0.4 is 0 Å². The quantitative estimate of drug-likeness (QED) is 0.0686. The highest BCUT2D eigenvalue weighted by molar-refractivity contribution is 7.85. The molecule has 0 amide bonds. The Bertz CT molecular complexity index is 2850. The lowest BCUT2D eigenvalue weighted by molar-refractivity contribution is -0.903. The van der Waals surface area contributed by atoms with Gasteiger partial charge in [-0.2, -0.15) is 8.42 Å². The Morgan fingerprint density at radius 2 is 1.00 bits per heavy atom. The van der Waals surface area contributed by atoms with Gasteiger partial charge in [0.2, 0.25) is 0 Å². The average Bonchev–Trinajstić information content (AvgIpc) is 3.91. The lowest BCUT2D eigenvalue weighted by atomic mass is 9.97. The van der Waals surface area contributed by atoms with Crippen LogP contribution in [0.2, 0.25) is 0 Å². The zero-order valence-electron chi connectivity index (χ0n) is 38.2. The van der Waals surface area contributed by atoms with Crippen molar-refractivity contribution in [1.82, 2.24) is 9.55 Å². The average molecular weight is 885 g/mol. The molecule has 0 aliphatic carbocycles. The maximum atomic E-state index is 11.9. The van der Waals surface area contributed by atoms with Crippen LogP contribution in [-0.2, 0) is 29.0 Å². The van der Waals surface area contributed by atoms with E-state index in [4.69, 9.17) is 15.0 Å². The largest absolute Gasteiger partial charge is 0.325 e. The Kier molecular flexibility index (Phi) is 13.3. The number of benzene rings is 6. The third kappa shape index (κ3) is 10.2. The van der Waals surface area contributed by atoms with Gasteiger partial charge in [0.25, 0.3) is 15.9 Å². The molecule has 7 aromatic rings. The van der Waals surface area contributed by atoms with Gasteiger partial charge in [0, 0.05) is 50.9 Å². The fraction of sp³-hybridized carbons (Fsp3) is 0.255. The van der Waals surface area contributed by atoms with Gasteiger partial charge in [-0.25, -0.2) is 15.0 Å². The molecule has 1 aliphatic heterocycles. The molecular formula is C55H60N6O3S+2. The minimum absolute atomic E-state index is 0.301. The van der Waals surface area contributed by atoms with E-state index >= 15 is 0 Å². The Hall–Kier alpha value is -6.30. The molecule has 6 aromatic carbocycles. The first-order valence-electron chi connectivity index (χ1n) is 22.6. The summed E-state index contributed by atoms with van der Waals surface area (Å²) < 4.78 is 37.0. The Balaban J connectivity index is 1.51. The summed E-state index contributed by atoms with van der Waals surface area (Å²) in [4.78, 5) is 17.8. The summed E-state index contributed by atoms with van der Waals surface area (Å²) >= 11 is 0. The normalized spacial score (nSPS) is 14.0. The van der Waals surface area contributed by atoms with Crippen molar-refractivity contribution in [2.75, 3.05) is 47.0 Å². The van der Waals surface area contributed by atoms with Crippen LogP contribution in [-0.4, -0.2) is 89.9 Å². The molecule has 332 valence electrons. The molecule has 1 aromatic heterocycles. The molecular weight excluding hydrogens is 825 g/mol. The van der Waals surface area contributed by atoms with Gasteiger partial charge in [-0.05, 0) is 6.42 Å². The molecule has 0 saturated carbocycles. The lowest BCUT2D eigenvalue weighted by Crippen LogP contribution is -2.42. The maximum Gasteiger partial charge on any atom is 0.265 e. The monoisotopic (exact) mass is 884 g/mol. The maximum absolute atomic E-state index is 11.9. The van der Waals surface area contributed by atoms with Crippen molar-refractivity contribution in [2.24, 2.45) is 9.98 Å². The number of hydrogen-bond acceptors (Lipinski definition) is 5. The molecule has 0 bridgehead atoms. The summed E-state index contributed by atoms with van der Waals surface area (Å²) in [6.45, 7) is 5.12. The van der Waals surface area contributed by atoms with E-state index in [9.17, 15) is 13.0 Å². The van der Waals surface area contributed by atoms with Crippen LogP contribution in [0, 0.1) is 0 Å². The number of aliphatic imine (C=N–C) groups is 2. The number of imidazole rings is 1. The number of hydrogen-bond donors (Lipinski definition) is 1. The summed E-state index contributed by atoms with van der Waals surface area (Å²) in [6.07, 6.45) is 2.55. The molecule has 1 aliphatic rings. The molecule has 1 N–H and O–H groups in total. The van der Waals surface area contributed by atoms with Gasteiger partial charge in [0.15, 0.2) is 0 Å². The molecule has 2 heterocycles. The zero-order chi connectivity index (χ0) is 45.7. The third-order valence-electron chi connectivity index (χ3n) is 12.3.